The molecule has 0 aliphatic rings. The number of nitrogens with two attached hydrogens (primary N) is 1. The molecule has 0 saturated heterocycles. The second kappa shape index (κ2) is 3.07. The van der Waals surface area contributed by atoms with Crippen LogP contribution in [-0.2, 0) is 9.53 Å². The predicted octanol–water partition coefficient (Wildman–Crippen LogP) is 0.0219. The fourth-order valence-electron chi connectivity index (χ4n) is 0.236. The second-order valence-electron chi connectivity index (χ2n) is 1.24. The van der Waals surface area contributed by atoms with E-state index in [0.29, 0.717) is 0 Å². The van der Waals surface area contributed by atoms with Gasteiger partial charge in [0.05, 0.1) is 7.11 Å². The van der Waals surface area contributed by atoms with Gasteiger partial charge >= 0.3 is 5.97 Å². The molecule has 0 rings (SSSR count). The van der Waals surface area contributed by atoms with Crippen molar-refractivity contribution in [2.24, 2.45) is 5.73 Å². The Bertz CT molecular complexity index is 118. The molecule has 3 nitrogen and oxygen atoms in total. The van der Waals surface area contributed by atoms with Crippen molar-refractivity contribution >= 4 is 5.97 Å². The van der Waals surface area contributed by atoms with Gasteiger partial charge in [0.25, 0.3) is 0 Å². The van der Waals surface area contributed by atoms with Gasteiger partial charge in [-0.3, -0.25) is 0 Å². The zero-order valence-electron chi connectivity index (χ0n) is 4.97. The highest BCUT2D eigenvalue weighted by atomic mass is 16.5. The van der Waals surface area contributed by atoms with Crippen LogP contribution in [0.15, 0.2) is 11.8 Å². The molecule has 46 valence electrons. The summed E-state index contributed by atoms with van der Waals surface area (Å²) in [5.74, 6) is -0.479. The number of hydrogen-bond acceptors (Lipinski definition) is 3. The van der Waals surface area contributed by atoms with Crippen LogP contribution in [0.2, 0.25) is 0 Å². The van der Waals surface area contributed by atoms with Crippen LogP contribution in [0.4, 0.5) is 0 Å². The Balaban J connectivity index is 3.83. The summed E-state index contributed by atoms with van der Waals surface area (Å²) >= 11 is 0. The molecular weight excluding hydrogens is 106 g/mol. The average molecular weight is 115 g/mol. The maximum Gasteiger partial charge on any atom is 0.353 e. The number of ether oxygens (including phenoxy) is 1. The first-order valence-electron chi connectivity index (χ1n) is 2.22. The molecule has 0 aliphatic carbocycles. The minimum Gasteiger partial charge on any atom is -0.464 e. The second-order valence-corrected chi connectivity index (χ2v) is 1.24. The minimum atomic E-state index is -0.479. The quantitative estimate of drug-likeness (QED) is 0.387. The average Bonchev–Trinajstić information content (AvgIpc) is 1.84. The number of methoxy groups -OCH3 is 1. The first-order valence-corrected chi connectivity index (χ1v) is 2.22. The van der Waals surface area contributed by atoms with E-state index in [9.17, 15) is 4.79 Å². The van der Waals surface area contributed by atoms with Crippen molar-refractivity contribution in [3.8, 4) is 0 Å². The fraction of sp³-hybridized carbons (Fsp3) is 0.400. The summed E-state index contributed by atoms with van der Waals surface area (Å²) in [6.07, 6.45) is 1.49. The van der Waals surface area contributed by atoms with E-state index < -0.39 is 5.97 Å². The Labute approximate surface area is 48.1 Å². The third-order valence-electron chi connectivity index (χ3n) is 0.732. The SMILES string of the molecule is CC=C(N)C(=O)OC. The van der Waals surface area contributed by atoms with E-state index in [4.69, 9.17) is 5.73 Å². The Morgan fingerprint density at radius 3 is 2.38 bits per heavy atom. The van der Waals surface area contributed by atoms with E-state index in [2.05, 4.69) is 4.74 Å². The van der Waals surface area contributed by atoms with Gasteiger partial charge in [-0.1, -0.05) is 6.08 Å². The Morgan fingerprint density at radius 2 is 2.25 bits per heavy atom. The molecule has 0 saturated carbocycles. The molecule has 3 heteroatoms. The van der Waals surface area contributed by atoms with Crippen molar-refractivity contribution in [2.75, 3.05) is 7.11 Å². The minimum absolute atomic E-state index is 0.146. The molecule has 0 radical (unpaired) electrons. The molecular formula is C5H9NO2. The number of carbonyl (C=O) groups is 1. The molecule has 8 heavy (non-hydrogen) atoms. The number of allylic oxidation sites excluding steroid dienone is 1. The molecule has 0 spiro atoms. The molecule has 0 aromatic carbocycles. The maximum atomic E-state index is 10.3. The van der Waals surface area contributed by atoms with Gasteiger partial charge in [0.1, 0.15) is 5.70 Å². The molecule has 0 aromatic rings. The molecule has 2 N–H and O–H groups in total. The van der Waals surface area contributed by atoms with Gasteiger partial charge in [0.15, 0.2) is 0 Å². The van der Waals surface area contributed by atoms with E-state index >= 15 is 0 Å². The highest BCUT2D eigenvalue weighted by Gasteiger charge is 1.99. The predicted molar refractivity (Wildman–Crippen MR) is 30.0 cm³/mol. The highest BCUT2D eigenvalue weighted by molar-refractivity contribution is 5.86. The zero-order valence-corrected chi connectivity index (χ0v) is 4.97. The normalized spacial score (nSPS) is 11.0. The summed E-state index contributed by atoms with van der Waals surface area (Å²) < 4.78 is 4.27. The van der Waals surface area contributed by atoms with Crippen molar-refractivity contribution in [3.63, 3.8) is 0 Å². The summed E-state index contributed by atoms with van der Waals surface area (Å²) in [5.41, 5.74) is 5.26. The van der Waals surface area contributed by atoms with Gasteiger partial charge < -0.3 is 10.5 Å². The van der Waals surface area contributed by atoms with Crippen LogP contribution < -0.4 is 5.73 Å². The largest absolute Gasteiger partial charge is 0.464 e. The van der Waals surface area contributed by atoms with E-state index in [1.54, 1.807) is 6.92 Å². The van der Waals surface area contributed by atoms with Crippen LogP contribution >= 0.6 is 0 Å². The smallest absolute Gasteiger partial charge is 0.353 e. The number of carbonyl (C=O) groups excluding carboxylic acids is 1. The summed E-state index contributed by atoms with van der Waals surface area (Å²) in [6, 6.07) is 0. The summed E-state index contributed by atoms with van der Waals surface area (Å²) in [6.45, 7) is 1.67. The van der Waals surface area contributed by atoms with E-state index in [1.807, 2.05) is 0 Å². The summed E-state index contributed by atoms with van der Waals surface area (Å²) in [4.78, 5) is 10.3. The van der Waals surface area contributed by atoms with Gasteiger partial charge in [0, 0.05) is 0 Å². The lowest BCUT2D eigenvalue weighted by Gasteiger charge is -1.94. The third kappa shape index (κ3) is 1.64. The molecule has 0 aromatic heterocycles. The summed E-state index contributed by atoms with van der Waals surface area (Å²) in [5, 5.41) is 0. The van der Waals surface area contributed by atoms with Crippen LogP contribution in [0, 0.1) is 0 Å². The highest BCUT2D eigenvalue weighted by Crippen LogP contribution is 1.84. The molecule has 0 bridgehead atoms. The van der Waals surface area contributed by atoms with Crippen LogP contribution in [0.3, 0.4) is 0 Å². The first kappa shape index (κ1) is 7.01. The van der Waals surface area contributed by atoms with Crippen LogP contribution in [-0.4, -0.2) is 13.1 Å². The third-order valence-corrected chi connectivity index (χ3v) is 0.732. The zero-order chi connectivity index (χ0) is 6.57. The number of rotatable bonds is 1. The van der Waals surface area contributed by atoms with Crippen molar-refractivity contribution in [2.45, 2.75) is 6.92 Å². The Kier molecular flexibility index (Phi) is 2.69. The van der Waals surface area contributed by atoms with Crippen LogP contribution in [0.5, 0.6) is 0 Å². The van der Waals surface area contributed by atoms with Crippen molar-refractivity contribution in [1.82, 2.24) is 0 Å². The molecule has 0 unspecified atom stereocenters. The van der Waals surface area contributed by atoms with Gasteiger partial charge in [-0.25, -0.2) is 4.79 Å². The van der Waals surface area contributed by atoms with Gasteiger partial charge in [-0.2, -0.15) is 0 Å². The van der Waals surface area contributed by atoms with Gasteiger partial charge in [-0.05, 0) is 6.92 Å². The van der Waals surface area contributed by atoms with Crippen molar-refractivity contribution < 1.29 is 9.53 Å². The molecule has 0 fully saturated rings. The lowest BCUT2D eigenvalue weighted by molar-refractivity contribution is -0.136. The number of hydrogen-bond donors (Lipinski definition) is 1. The lowest BCUT2D eigenvalue weighted by atomic mass is 10.4. The monoisotopic (exact) mass is 115 g/mol. The van der Waals surface area contributed by atoms with Crippen molar-refractivity contribution in [1.29, 1.82) is 0 Å². The summed E-state index contributed by atoms with van der Waals surface area (Å²) in [7, 11) is 1.29. The van der Waals surface area contributed by atoms with Gasteiger partial charge in [0.2, 0.25) is 0 Å². The molecule has 0 heterocycles. The fourth-order valence-corrected chi connectivity index (χ4v) is 0.236. The first-order chi connectivity index (χ1) is 3.72. The van der Waals surface area contributed by atoms with E-state index in [0.717, 1.165) is 0 Å². The van der Waals surface area contributed by atoms with Gasteiger partial charge in [-0.15, -0.1) is 0 Å². The lowest BCUT2D eigenvalue weighted by Crippen LogP contribution is -2.11. The molecule has 0 amide bonds. The van der Waals surface area contributed by atoms with E-state index in [1.165, 1.54) is 13.2 Å². The van der Waals surface area contributed by atoms with Crippen LogP contribution in [0.1, 0.15) is 6.92 Å². The topological polar surface area (TPSA) is 52.3 Å². The standard InChI is InChI=1S/C5H9NO2/c1-3-4(6)5(7)8-2/h3H,6H2,1-2H3. The van der Waals surface area contributed by atoms with E-state index in [-0.39, 0.29) is 5.70 Å². The van der Waals surface area contributed by atoms with Crippen LogP contribution in [0.25, 0.3) is 0 Å². The Morgan fingerprint density at radius 1 is 1.75 bits per heavy atom. The Hall–Kier alpha value is -0.990. The molecule has 0 atom stereocenters. The van der Waals surface area contributed by atoms with Crippen molar-refractivity contribution in [3.05, 3.63) is 11.8 Å². The molecule has 0 aliphatic heterocycles. The maximum absolute atomic E-state index is 10.3. The number of esters is 1.